The van der Waals surface area contributed by atoms with Gasteiger partial charge in [-0.3, -0.25) is 14.4 Å². The number of allylic oxidation sites excluding steroid dienone is 2. The Balaban J connectivity index is 1.66. The molecule has 1 heterocycles. The lowest BCUT2D eigenvalue weighted by molar-refractivity contribution is -0.111. The van der Waals surface area contributed by atoms with Crippen molar-refractivity contribution in [3.8, 4) is 0 Å². The van der Waals surface area contributed by atoms with Crippen LogP contribution in [-0.4, -0.2) is 41.6 Å². The van der Waals surface area contributed by atoms with Crippen LogP contribution in [0.4, 0.5) is 15.9 Å². The molecule has 4 rings (SSSR count). The summed E-state index contributed by atoms with van der Waals surface area (Å²) in [6, 6.07) is 15.5. The topological polar surface area (TPSA) is 130 Å². The number of anilines is 1. The molecule has 2 N–H and O–H groups in total. The van der Waals surface area contributed by atoms with E-state index in [0.29, 0.717) is 5.69 Å². The number of benzene rings is 2. The highest BCUT2D eigenvalue weighted by atomic mass is 32.2. The quantitative estimate of drug-likeness (QED) is 0.421. The van der Waals surface area contributed by atoms with Crippen molar-refractivity contribution in [3.63, 3.8) is 0 Å². The molecule has 3 aromatic rings. The zero-order chi connectivity index (χ0) is 27.2. The van der Waals surface area contributed by atoms with Crippen molar-refractivity contribution >= 4 is 45.8 Å². The summed E-state index contributed by atoms with van der Waals surface area (Å²) < 4.78 is 32.4. The van der Waals surface area contributed by atoms with E-state index in [4.69, 9.17) is 4.42 Å². The number of halogens is 1. The van der Waals surface area contributed by atoms with Crippen LogP contribution >= 0.6 is 0 Å². The Morgan fingerprint density at radius 3 is 2.37 bits per heavy atom. The molecule has 2 aromatic carbocycles. The fourth-order valence-corrected chi connectivity index (χ4v) is 3.87. The van der Waals surface area contributed by atoms with Gasteiger partial charge in [-0.15, -0.1) is 0 Å². The molecule has 0 bridgehead atoms. The second-order valence-electron chi connectivity index (χ2n) is 8.10. The Labute approximate surface area is 219 Å². The monoisotopic (exact) mass is 536 g/mol. The van der Waals surface area contributed by atoms with E-state index in [2.05, 4.69) is 20.0 Å². The second-order valence-corrected chi connectivity index (χ2v) is 9.17. The molecule has 1 atom stereocenters. The number of amides is 2. The first-order valence-electron chi connectivity index (χ1n) is 11.1. The predicted molar refractivity (Wildman–Crippen MR) is 138 cm³/mol. The molecule has 194 valence electrons. The molecule has 0 radical (unpaired) electrons. The van der Waals surface area contributed by atoms with Crippen LogP contribution in [0, 0.1) is 0 Å². The SMILES string of the molecule is CN(C)c1ccc(N=C2C=C(NC(=O)c3ccco3)C(=O)C=C2NC(=O)c2cccc([S@@](=O)OF)c2)cc1. The van der Waals surface area contributed by atoms with E-state index >= 15 is 0 Å². The van der Waals surface area contributed by atoms with Crippen molar-refractivity contribution in [2.24, 2.45) is 4.99 Å². The zero-order valence-corrected chi connectivity index (χ0v) is 21.0. The molecule has 0 aliphatic heterocycles. The van der Waals surface area contributed by atoms with Crippen molar-refractivity contribution in [1.29, 1.82) is 0 Å². The van der Waals surface area contributed by atoms with Gasteiger partial charge in [0, 0.05) is 31.4 Å². The van der Waals surface area contributed by atoms with Gasteiger partial charge in [0.15, 0.2) is 5.76 Å². The zero-order valence-electron chi connectivity index (χ0n) is 20.1. The molecular formula is C26H21FN4O6S. The summed E-state index contributed by atoms with van der Waals surface area (Å²) in [5.41, 5.74) is 1.65. The Hall–Kier alpha value is -4.68. The van der Waals surface area contributed by atoms with E-state index in [1.165, 1.54) is 48.7 Å². The van der Waals surface area contributed by atoms with Crippen LogP contribution in [0.15, 0.2) is 105 Å². The highest BCUT2D eigenvalue weighted by molar-refractivity contribution is 7.80. The highest BCUT2D eigenvalue weighted by Gasteiger charge is 2.24. The van der Waals surface area contributed by atoms with Crippen LogP contribution in [-0.2, 0) is 20.3 Å². The molecule has 1 aromatic heterocycles. The number of rotatable bonds is 8. The molecule has 12 heteroatoms. The third kappa shape index (κ3) is 6.17. The van der Waals surface area contributed by atoms with Crippen molar-refractivity contribution in [2.45, 2.75) is 4.90 Å². The molecule has 1 aliphatic carbocycles. The van der Waals surface area contributed by atoms with Gasteiger partial charge in [-0.25, -0.2) is 9.20 Å². The van der Waals surface area contributed by atoms with Gasteiger partial charge in [0.25, 0.3) is 11.8 Å². The summed E-state index contributed by atoms with van der Waals surface area (Å²) in [6.07, 6.45) is 3.78. The van der Waals surface area contributed by atoms with E-state index < -0.39 is 28.7 Å². The van der Waals surface area contributed by atoms with E-state index in [0.717, 1.165) is 11.8 Å². The van der Waals surface area contributed by atoms with E-state index in [-0.39, 0.29) is 33.3 Å². The van der Waals surface area contributed by atoms with Crippen LogP contribution in [0.5, 0.6) is 0 Å². The smallest absolute Gasteiger partial charge is 0.291 e. The number of furan rings is 1. The minimum absolute atomic E-state index is 0.00840. The maximum Gasteiger partial charge on any atom is 0.291 e. The van der Waals surface area contributed by atoms with Crippen molar-refractivity contribution < 1.29 is 31.9 Å². The first kappa shape index (κ1) is 26.4. The van der Waals surface area contributed by atoms with E-state index in [1.54, 1.807) is 12.1 Å². The average molecular weight is 537 g/mol. The highest BCUT2D eigenvalue weighted by Crippen LogP contribution is 2.21. The third-order valence-corrected chi connectivity index (χ3v) is 6.05. The van der Waals surface area contributed by atoms with Crippen LogP contribution in [0.3, 0.4) is 0 Å². The van der Waals surface area contributed by atoms with Gasteiger partial charge in [0.05, 0.1) is 34.0 Å². The summed E-state index contributed by atoms with van der Waals surface area (Å²) in [5.74, 6) is -1.89. The van der Waals surface area contributed by atoms with E-state index in [9.17, 15) is 23.1 Å². The molecule has 0 spiro atoms. The van der Waals surface area contributed by atoms with Gasteiger partial charge in [-0.1, -0.05) is 10.5 Å². The van der Waals surface area contributed by atoms with Crippen LogP contribution in [0.1, 0.15) is 20.9 Å². The first-order valence-corrected chi connectivity index (χ1v) is 12.1. The lowest BCUT2D eigenvalue weighted by Gasteiger charge is -2.17. The molecular weight excluding hydrogens is 515 g/mol. The van der Waals surface area contributed by atoms with Gasteiger partial charge in [0.2, 0.25) is 16.9 Å². The Morgan fingerprint density at radius 2 is 1.71 bits per heavy atom. The van der Waals surface area contributed by atoms with E-state index in [1.807, 2.05) is 31.1 Å². The minimum atomic E-state index is -2.39. The summed E-state index contributed by atoms with van der Waals surface area (Å²) in [6.45, 7) is 0. The van der Waals surface area contributed by atoms with Gasteiger partial charge >= 0.3 is 0 Å². The summed E-state index contributed by atoms with van der Waals surface area (Å²) in [7, 11) is 3.79. The van der Waals surface area contributed by atoms with Crippen LogP contribution < -0.4 is 15.5 Å². The third-order valence-electron chi connectivity index (χ3n) is 5.30. The average Bonchev–Trinajstić information content (AvgIpc) is 3.46. The number of hydrogen-bond donors (Lipinski definition) is 2. The van der Waals surface area contributed by atoms with Gasteiger partial charge in [0.1, 0.15) is 0 Å². The Bertz CT molecular complexity index is 1490. The van der Waals surface area contributed by atoms with Gasteiger partial charge in [-0.05, 0) is 65.2 Å². The number of aliphatic imine (C=N–C) groups is 1. The maximum atomic E-state index is 13.0. The molecule has 0 saturated heterocycles. The number of ketones is 1. The summed E-state index contributed by atoms with van der Waals surface area (Å²) in [4.78, 5) is 44.6. The summed E-state index contributed by atoms with van der Waals surface area (Å²) in [5, 5.41) is 5.10. The Kier molecular flexibility index (Phi) is 8.04. The molecule has 0 unspecified atom stereocenters. The number of carbonyl (C=O) groups excluding carboxylic acids is 3. The second kappa shape index (κ2) is 11.6. The van der Waals surface area contributed by atoms with Crippen LogP contribution in [0.2, 0.25) is 0 Å². The fraction of sp³-hybridized carbons (Fsp3) is 0.0769. The number of nitrogens with zero attached hydrogens (tertiary/aromatic N) is 2. The van der Waals surface area contributed by atoms with Crippen molar-refractivity contribution in [2.75, 3.05) is 19.0 Å². The van der Waals surface area contributed by atoms with Gasteiger partial charge < -0.3 is 20.0 Å². The Morgan fingerprint density at radius 1 is 0.974 bits per heavy atom. The standard InChI is InChI=1S/C26H21FN4O6S/c1-31(2)18-10-8-17(9-11-18)28-20-14-22(30-26(34)24-7-4-12-36-24)23(32)15-21(20)29-25(33)16-5-3-6-19(13-16)38(35)37-27/h3-15H,1-2H3,(H,29,33)(H,30,34)/t38-/m0/s1. The fourth-order valence-electron chi connectivity index (χ4n) is 3.39. The normalized spacial score (nSPS) is 14.9. The predicted octanol–water partition coefficient (Wildman–Crippen LogP) is 3.55. The molecule has 0 fully saturated rings. The molecule has 1 aliphatic rings. The largest absolute Gasteiger partial charge is 0.459 e. The summed E-state index contributed by atoms with van der Waals surface area (Å²) >= 11 is -2.39. The molecule has 38 heavy (non-hydrogen) atoms. The lowest BCUT2D eigenvalue weighted by atomic mass is 10.0. The lowest BCUT2D eigenvalue weighted by Crippen LogP contribution is -2.34. The minimum Gasteiger partial charge on any atom is -0.459 e. The van der Waals surface area contributed by atoms with Crippen LogP contribution in [0.25, 0.3) is 0 Å². The van der Waals surface area contributed by atoms with Gasteiger partial charge in [-0.2, -0.15) is 0 Å². The molecule has 0 saturated carbocycles. The van der Waals surface area contributed by atoms with Crippen molar-refractivity contribution in [1.82, 2.24) is 10.6 Å². The molecule has 10 nitrogen and oxygen atoms in total. The molecule has 2 amide bonds. The number of carbonyl (C=O) groups is 3. The number of hydrogen-bond acceptors (Lipinski definition) is 8. The first-order chi connectivity index (χ1) is 18.2. The van der Waals surface area contributed by atoms with Crippen molar-refractivity contribution in [3.05, 3.63) is 102 Å². The number of nitrogens with one attached hydrogen (secondary N) is 2. The maximum absolute atomic E-state index is 13.0.